The minimum atomic E-state index is 0.544. The fraction of sp³-hybridized carbons (Fsp3) is 0.647. The number of nitrogens with zero attached hydrogens (tertiary/aromatic N) is 5. The zero-order valence-corrected chi connectivity index (χ0v) is 13.8. The Hall–Kier alpha value is -1.46. The highest BCUT2D eigenvalue weighted by atomic mass is 15.3. The van der Waals surface area contributed by atoms with Crippen molar-refractivity contribution in [1.82, 2.24) is 24.4 Å². The minimum absolute atomic E-state index is 0.544. The van der Waals surface area contributed by atoms with Crippen LogP contribution in [-0.2, 0) is 0 Å². The van der Waals surface area contributed by atoms with Gasteiger partial charge in [0.25, 0.3) is 0 Å². The second-order valence-electron chi connectivity index (χ2n) is 6.13. The third-order valence-electron chi connectivity index (χ3n) is 4.92. The van der Waals surface area contributed by atoms with Gasteiger partial charge in [-0.25, -0.2) is 0 Å². The number of fused-ring (bicyclic) bond motifs is 1. The number of piperidine rings is 1. The molecule has 1 aliphatic heterocycles. The quantitative estimate of drug-likeness (QED) is 0.820. The Kier molecular flexibility index (Phi) is 5.05. The molecule has 3 rings (SSSR count). The van der Waals surface area contributed by atoms with Gasteiger partial charge in [0.2, 0.25) is 0 Å². The Labute approximate surface area is 132 Å². The zero-order chi connectivity index (χ0) is 15.4. The molecule has 2 aromatic heterocycles. The predicted octanol–water partition coefficient (Wildman–Crippen LogP) is 2.25. The van der Waals surface area contributed by atoms with E-state index >= 15 is 0 Å². The van der Waals surface area contributed by atoms with Crippen molar-refractivity contribution in [1.29, 1.82) is 0 Å². The van der Waals surface area contributed by atoms with Gasteiger partial charge in [-0.2, -0.15) is 0 Å². The third-order valence-corrected chi connectivity index (χ3v) is 4.92. The van der Waals surface area contributed by atoms with E-state index in [4.69, 9.17) is 0 Å². The van der Waals surface area contributed by atoms with Gasteiger partial charge in [0.1, 0.15) is 5.82 Å². The summed E-state index contributed by atoms with van der Waals surface area (Å²) in [7, 11) is 0. The van der Waals surface area contributed by atoms with Crippen molar-refractivity contribution < 1.29 is 0 Å². The van der Waals surface area contributed by atoms with Gasteiger partial charge in [0.15, 0.2) is 5.65 Å². The van der Waals surface area contributed by atoms with Crippen molar-refractivity contribution in [3.8, 4) is 0 Å². The first-order chi connectivity index (χ1) is 10.8. The molecule has 1 fully saturated rings. The Bertz CT molecular complexity index is 582. The lowest BCUT2D eigenvalue weighted by Crippen LogP contribution is -2.39. The first-order valence-corrected chi connectivity index (χ1v) is 8.56. The Balaban J connectivity index is 1.55. The van der Waals surface area contributed by atoms with Crippen LogP contribution in [0.2, 0.25) is 0 Å². The summed E-state index contributed by atoms with van der Waals surface area (Å²) in [5, 5.41) is 8.72. The average Bonchev–Trinajstić information content (AvgIpc) is 3.00. The lowest BCUT2D eigenvalue weighted by atomic mass is 9.96. The second-order valence-corrected chi connectivity index (χ2v) is 6.13. The highest BCUT2D eigenvalue weighted by molar-refractivity contribution is 5.37. The van der Waals surface area contributed by atoms with Gasteiger partial charge in [0.05, 0.1) is 0 Å². The highest BCUT2D eigenvalue weighted by Gasteiger charge is 2.24. The number of hydrogen-bond donors (Lipinski definition) is 0. The predicted molar refractivity (Wildman–Crippen MR) is 89.2 cm³/mol. The zero-order valence-electron chi connectivity index (χ0n) is 13.8. The molecule has 0 bridgehead atoms. The van der Waals surface area contributed by atoms with Crippen LogP contribution >= 0.6 is 0 Å². The summed E-state index contributed by atoms with van der Waals surface area (Å²) in [4.78, 5) is 5.09. The van der Waals surface area contributed by atoms with Crippen molar-refractivity contribution in [3.63, 3.8) is 0 Å². The van der Waals surface area contributed by atoms with Crippen LogP contribution in [0.25, 0.3) is 5.65 Å². The molecule has 0 unspecified atom stereocenters. The lowest BCUT2D eigenvalue weighted by molar-refractivity contribution is 0.176. The molecule has 0 spiro atoms. The number of likely N-dealkylation sites (tertiary alicyclic amines) is 1. The van der Waals surface area contributed by atoms with Gasteiger partial charge >= 0.3 is 0 Å². The number of aromatic nitrogens is 3. The van der Waals surface area contributed by atoms with Gasteiger partial charge in [-0.1, -0.05) is 19.9 Å². The first-order valence-electron chi connectivity index (χ1n) is 8.56. The molecule has 22 heavy (non-hydrogen) atoms. The van der Waals surface area contributed by atoms with E-state index < -0.39 is 0 Å². The maximum atomic E-state index is 4.43. The molecule has 0 aliphatic carbocycles. The fourth-order valence-electron chi connectivity index (χ4n) is 3.38. The SMILES string of the molecule is CCN(CC)CCN1CCC(c2nnc3ccccn23)CC1. The number of pyridine rings is 1. The molecule has 1 saturated heterocycles. The summed E-state index contributed by atoms with van der Waals surface area (Å²) in [5.74, 6) is 1.68. The molecule has 0 N–H and O–H groups in total. The average molecular weight is 301 g/mol. The maximum Gasteiger partial charge on any atom is 0.160 e. The van der Waals surface area contributed by atoms with Crippen molar-refractivity contribution >= 4 is 5.65 Å². The molecule has 0 saturated carbocycles. The van der Waals surface area contributed by atoms with Crippen LogP contribution < -0.4 is 0 Å². The number of likely N-dealkylation sites (N-methyl/N-ethyl adjacent to an activating group) is 1. The molecule has 120 valence electrons. The standard InChI is InChI=1S/C17H27N5/c1-3-20(4-2)13-14-21-11-8-15(9-12-21)17-19-18-16-7-5-6-10-22(16)17/h5-7,10,15H,3-4,8-9,11-14H2,1-2H3. The molecule has 0 radical (unpaired) electrons. The normalized spacial score (nSPS) is 17.6. The molecule has 0 atom stereocenters. The minimum Gasteiger partial charge on any atom is -0.303 e. The van der Waals surface area contributed by atoms with E-state index in [0.717, 1.165) is 24.6 Å². The van der Waals surface area contributed by atoms with Gasteiger partial charge in [-0.05, 0) is 51.2 Å². The van der Waals surface area contributed by atoms with Crippen molar-refractivity contribution in [2.24, 2.45) is 0 Å². The van der Waals surface area contributed by atoms with Crippen LogP contribution in [0.3, 0.4) is 0 Å². The first kappa shape index (κ1) is 15.4. The monoisotopic (exact) mass is 301 g/mol. The van der Waals surface area contributed by atoms with E-state index in [-0.39, 0.29) is 0 Å². The van der Waals surface area contributed by atoms with Gasteiger partial charge in [0, 0.05) is 25.2 Å². The molecule has 0 amide bonds. The van der Waals surface area contributed by atoms with Crippen LogP contribution in [0.5, 0.6) is 0 Å². The van der Waals surface area contributed by atoms with E-state index in [1.165, 1.54) is 39.0 Å². The summed E-state index contributed by atoms with van der Waals surface area (Å²) < 4.78 is 2.15. The van der Waals surface area contributed by atoms with Gasteiger partial charge < -0.3 is 9.80 Å². The van der Waals surface area contributed by atoms with E-state index in [9.17, 15) is 0 Å². The maximum absolute atomic E-state index is 4.43. The molecule has 5 nitrogen and oxygen atoms in total. The Morgan fingerprint density at radius 1 is 1.14 bits per heavy atom. The molecule has 3 heterocycles. The third kappa shape index (κ3) is 3.31. The van der Waals surface area contributed by atoms with Crippen LogP contribution in [0.4, 0.5) is 0 Å². The summed E-state index contributed by atoms with van der Waals surface area (Å²) in [5.41, 5.74) is 0.960. The van der Waals surface area contributed by atoms with Gasteiger partial charge in [-0.15, -0.1) is 10.2 Å². The van der Waals surface area contributed by atoms with Crippen LogP contribution in [0.1, 0.15) is 38.4 Å². The Morgan fingerprint density at radius 2 is 1.91 bits per heavy atom. The van der Waals surface area contributed by atoms with E-state index in [0.29, 0.717) is 5.92 Å². The van der Waals surface area contributed by atoms with Crippen LogP contribution in [0.15, 0.2) is 24.4 Å². The summed E-state index contributed by atoms with van der Waals surface area (Å²) in [6.07, 6.45) is 4.46. The van der Waals surface area contributed by atoms with E-state index in [1.807, 2.05) is 12.1 Å². The molecule has 2 aromatic rings. The second kappa shape index (κ2) is 7.20. The Morgan fingerprint density at radius 3 is 2.64 bits per heavy atom. The smallest absolute Gasteiger partial charge is 0.160 e. The van der Waals surface area contributed by atoms with Crippen molar-refractivity contribution in [2.75, 3.05) is 39.3 Å². The van der Waals surface area contributed by atoms with Crippen molar-refractivity contribution in [2.45, 2.75) is 32.6 Å². The van der Waals surface area contributed by atoms with Crippen LogP contribution in [0, 0.1) is 0 Å². The summed E-state index contributed by atoms with van der Waals surface area (Å²) in [6, 6.07) is 6.10. The number of hydrogen-bond acceptors (Lipinski definition) is 4. The fourth-order valence-corrected chi connectivity index (χ4v) is 3.38. The molecule has 5 heteroatoms. The molecular weight excluding hydrogens is 274 g/mol. The lowest BCUT2D eigenvalue weighted by Gasteiger charge is -2.32. The number of rotatable bonds is 6. The van der Waals surface area contributed by atoms with Gasteiger partial charge in [-0.3, -0.25) is 4.40 Å². The molecule has 1 aliphatic rings. The summed E-state index contributed by atoms with van der Waals surface area (Å²) >= 11 is 0. The largest absolute Gasteiger partial charge is 0.303 e. The topological polar surface area (TPSA) is 36.7 Å². The summed E-state index contributed by atoms with van der Waals surface area (Å²) in [6.45, 7) is 11.5. The van der Waals surface area contributed by atoms with Crippen molar-refractivity contribution in [3.05, 3.63) is 30.2 Å². The van der Waals surface area contributed by atoms with E-state index in [1.54, 1.807) is 0 Å². The molecule has 0 aromatic carbocycles. The molecular formula is C17H27N5. The van der Waals surface area contributed by atoms with E-state index in [2.05, 4.69) is 50.5 Å². The highest BCUT2D eigenvalue weighted by Crippen LogP contribution is 2.26. The van der Waals surface area contributed by atoms with Crippen LogP contribution in [-0.4, -0.2) is 63.7 Å².